The average molecular weight is 440 g/mol. The largest absolute Gasteiger partial charge is 0.458 e. The smallest absolute Gasteiger partial charge is 0.326 e. The van der Waals surface area contributed by atoms with E-state index in [1.807, 2.05) is 20.8 Å². The second-order valence-electron chi connectivity index (χ2n) is 5.99. The van der Waals surface area contributed by atoms with E-state index >= 15 is 0 Å². The van der Waals surface area contributed by atoms with Gasteiger partial charge in [0.15, 0.2) is 0 Å². The lowest BCUT2D eigenvalue weighted by molar-refractivity contribution is -0.193. The van der Waals surface area contributed by atoms with Crippen molar-refractivity contribution in [2.24, 2.45) is 5.41 Å². The van der Waals surface area contributed by atoms with Gasteiger partial charge in [0.05, 0.1) is 10.0 Å². The molecule has 0 saturated carbocycles. The number of carbonyl (C=O) groups is 3. The molecule has 152 valence electrons. The summed E-state index contributed by atoms with van der Waals surface area (Å²) in [6.07, 6.45) is -11.5. The maximum absolute atomic E-state index is 11.6. The summed E-state index contributed by atoms with van der Waals surface area (Å²) in [5, 5.41) is 3.68. The van der Waals surface area contributed by atoms with Crippen LogP contribution in [0.5, 0.6) is 0 Å². The second kappa shape index (κ2) is 8.92. The molecule has 0 atom stereocenters. The van der Waals surface area contributed by atoms with Gasteiger partial charge in [-0.05, 0) is 18.2 Å². The van der Waals surface area contributed by atoms with Gasteiger partial charge in [0.25, 0.3) is 0 Å². The SMILES string of the molecule is CC(C)(C)C(=O)Nc1ccc(Cl)c(Cl)c1.O=C(C(=O)C(F)(F)F)C(F)(F)F. The first-order valence-electron chi connectivity index (χ1n) is 6.86. The van der Waals surface area contributed by atoms with Crippen LogP contribution >= 0.6 is 23.2 Å². The van der Waals surface area contributed by atoms with Crippen LogP contribution in [0.4, 0.5) is 32.0 Å². The van der Waals surface area contributed by atoms with Crippen molar-refractivity contribution in [1.29, 1.82) is 0 Å². The van der Waals surface area contributed by atoms with E-state index in [4.69, 9.17) is 23.2 Å². The van der Waals surface area contributed by atoms with Gasteiger partial charge in [0, 0.05) is 11.1 Å². The topological polar surface area (TPSA) is 63.2 Å². The Balaban J connectivity index is 0.000000516. The second-order valence-corrected chi connectivity index (χ2v) is 6.80. The summed E-state index contributed by atoms with van der Waals surface area (Å²) in [4.78, 5) is 30.9. The molecule has 27 heavy (non-hydrogen) atoms. The molecule has 0 aromatic heterocycles. The highest BCUT2D eigenvalue weighted by Crippen LogP contribution is 2.26. The molecule has 0 heterocycles. The third-order valence-corrected chi connectivity index (χ3v) is 3.32. The first-order chi connectivity index (χ1) is 11.9. The van der Waals surface area contributed by atoms with E-state index in [1.54, 1.807) is 18.2 Å². The maximum atomic E-state index is 11.6. The first kappa shape index (κ1) is 25.2. The number of nitrogens with one attached hydrogen (secondary N) is 1. The van der Waals surface area contributed by atoms with Crippen molar-refractivity contribution in [3.63, 3.8) is 0 Å². The molecule has 1 rings (SSSR count). The Bertz CT molecular complexity index is 700. The van der Waals surface area contributed by atoms with Gasteiger partial charge < -0.3 is 5.32 Å². The van der Waals surface area contributed by atoms with Crippen LogP contribution in [0.25, 0.3) is 0 Å². The van der Waals surface area contributed by atoms with Crippen LogP contribution in [-0.4, -0.2) is 29.8 Å². The van der Waals surface area contributed by atoms with Gasteiger partial charge in [-0.2, -0.15) is 26.3 Å². The summed E-state index contributed by atoms with van der Waals surface area (Å²) in [7, 11) is 0. The third-order valence-electron chi connectivity index (χ3n) is 2.58. The molecule has 0 bridgehead atoms. The number of carbonyl (C=O) groups excluding carboxylic acids is 3. The van der Waals surface area contributed by atoms with Crippen LogP contribution in [0.3, 0.4) is 0 Å². The fourth-order valence-corrected chi connectivity index (χ4v) is 1.45. The molecule has 1 N–H and O–H groups in total. The van der Waals surface area contributed by atoms with Gasteiger partial charge in [-0.1, -0.05) is 44.0 Å². The van der Waals surface area contributed by atoms with Crippen LogP contribution in [0.2, 0.25) is 10.0 Å². The standard InChI is InChI=1S/C11H13Cl2NO.C4F6O2/c1-11(2,3)10(15)14-7-4-5-8(12)9(13)6-7;5-3(6,7)1(11)2(12)4(8,9)10/h4-6H,1-3H3,(H,14,15);. The monoisotopic (exact) mass is 439 g/mol. The summed E-state index contributed by atoms with van der Waals surface area (Å²) >= 11 is 11.6. The maximum Gasteiger partial charge on any atom is 0.458 e. The highest BCUT2D eigenvalue weighted by molar-refractivity contribution is 6.42. The predicted octanol–water partition coefficient (Wildman–Crippen LogP) is 5.23. The van der Waals surface area contributed by atoms with Gasteiger partial charge >= 0.3 is 23.9 Å². The minimum atomic E-state index is -5.77. The van der Waals surface area contributed by atoms with E-state index in [2.05, 4.69) is 5.32 Å². The molecular weight excluding hydrogens is 427 g/mol. The number of hydrogen-bond donors (Lipinski definition) is 1. The van der Waals surface area contributed by atoms with Crippen molar-refractivity contribution in [2.45, 2.75) is 33.1 Å². The number of benzene rings is 1. The zero-order chi connectivity index (χ0) is 21.8. The minimum absolute atomic E-state index is 0.0547. The molecule has 0 aliphatic rings. The van der Waals surface area contributed by atoms with Crippen molar-refractivity contribution in [1.82, 2.24) is 0 Å². The van der Waals surface area contributed by atoms with E-state index in [0.717, 1.165) is 0 Å². The van der Waals surface area contributed by atoms with Gasteiger partial charge in [-0.3, -0.25) is 14.4 Å². The van der Waals surface area contributed by atoms with Crippen LogP contribution < -0.4 is 5.32 Å². The number of alkyl halides is 6. The van der Waals surface area contributed by atoms with E-state index in [0.29, 0.717) is 15.7 Å². The van der Waals surface area contributed by atoms with E-state index in [9.17, 15) is 40.7 Å². The predicted molar refractivity (Wildman–Crippen MR) is 86.7 cm³/mol. The number of halogens is 8. The van der Waals surface area contributed by atoms with Crippen LogP contribution in [0.15, 0.2) is 18.2 Å². The molecule has 1 aromatic carbocycles. The lowest BCUT2D eigenvalue weighted by Gasteiger charge is -2.17. The molecule has 4 nitrogen and oxygen atoms in total. The van der Waals surface area contributed by atoms with Gasteiger partial charge in [0.2, 0.25) is 5.91 Å². The summed E-state index contributed by atoms with van der Waals surface area (Å²) in [5.41, 5.74) is 0.232. The van der Waals surface area contributed by atoms with Crippen molar-refractivity contribution < 1.29 is 40.7 Å². The average Bonchev–Trinajstić information content (AvgIpc) is 2.47. The van der Waals surface area contributed by atoms with Gasteiger partial charge in [0.1, 0.15) is 0 Å². The van der Waals surface area contributed by atoms with Crippen molar-refractivity contribution in [3.8, 4) is 0 Å². The molecule has 0 fully saturated rings. The fraction of sp³-hybridized carbons (Fsp3) is 0.400. The van der Waals surface area contributed by atoms with Gasteiger partial charge in [-0.25, -0.2) is 0 Å². The highest BCUT2D eigenvalue weighted by Gasteiger charge is 2.54. The van der Waals surface area contributed by atoms with Crippen molar-refractivity contribution in [2.75, 3.05) is 5.32 Å². The molecule has 0 radical (unpaired) electrons. The molecule has 0 aliphatic heterocycles. The summed E-state index contributed by atoms with van der Waals surface area (Å²) in [5.74, 6) is -6.87. The Kier molecular flexibility index (Phi) is 8.32. The molecule has 1 aromatic rings. The highest BCUT2D eigenvalue weighted by atomic mass is 35.5. The normalized spacial score (nSPS) is 12.0. The molecule has 0 spiro atoms. The Hall–Kier alpha value is -1.81. The lowest BCUT2D eigenvalue weighted by Crippen LogP contribution is -2.39. The minimum Gasteiger partial charge on any atom is -0.326 e. The summed E-state index contributed by atoms with van der Waals surface area (Å²) in [6.45, 7) is 5.54. The number of rotatable bonds is 2. The Morgan fingerprint density at radius 2 is 1.22 bits per heavy atom. The lowest BCUT2D eigenvalue weighted by atomic mass is 9.95. The fourth-order valence-electron chi connectivity index (χ4n) is 1.15. The Morgan fingerprint density at radius 3 is 1.52 bits per heavy atom. The molecule has 0 unspecified atom stereocenters. The van der Waals surface area contributed by atoms with Crippen LogP contribution in [0, 0.1) is 5.41 Å². The number of amides is 1. The summed E-state index contributed by atoms with van der Waals surface area (Å²) in [6, 6.07) is 5.01. The first-order valence-corrected chi connectivity index (χ1v) is 7.62. The summed E-state index contributed by atoms with van der Waals surface area (Å²) < 4.78 is 67.0. The van der Waals surface area contributed by atoms with Crippen LogP contribution in [-0.2, 0) is 14.4 Å². The molecule has 1 amide bonds. The van der Waals surface area contributed by atoms with E-state index < -0.39 is 29.3 Å². The Labute approximate surface area is 159 Å². The zero-order valence-electron chi connectivity index (χ0n) is 14.0. The number of ketones is 2. The number of anilines is 1. The molecule has 12 heteroatoms. The third kappa shape index (κ3) is 8.61. The quantitative estimate of drug-likeness (QED) is 0.507. The Morgan fingerprint density at radius 1 is 0.815 bits per heavy atom. The van der Waals surface area contributed by atoms with E-state index in [1.165, 1.54) is 0 Å². The molecule has 0 aliphatic carbocycles. The van der Waals surface area contributed by atoms with Gasteiger partial charge in [-0.15, -0.1) is 0 Å². The molecule has 0 saturated heterocycles. The van der Waals surface area contributed by atoms with Crippen LogP contribution in [0.1, 0.15) is 20.8 Å². The van der Waals surface area contributed by atoms with E-state index in [-0.39, 0.29) is 5.91 Å². The molecular formula is C15H13Cl2F6NO3. The van der Waals surface area contributed by atoms with Crippen molar-refractivity contribution in [3.05, 3.63) is 28.2 Å². The number of hydrogen-bond acceptors (Lipinski definition) is 3. The zero-order valence-corrected chi connectivity index (χ0v) is 15.5. The number of Topliss-reactive ketones (excluding diaryl/α,β-unsaturated/α-hetero) is 2. The van der Waals surface area contributed by atoms with Crippen molar-refractivity contribution >= 4 is 46.4 Å².